The predicted molar refractivity (Wildman–Crippen MR) is 85.7 cm³/mol. The Morgan fingerprint density at radius 3 is 1.95 bits per heavy atom. The molecule has 1 aromatic carbocycles. The van der Waals surface area contributed by atoms with Crippen LogP contribution >= 0.6 is 0 Å². The molecule has 0 aromatic heterocycles. The van der Waals surface area contributed by atoms with Gasteiger partial charge in [-0.3, -0.25) is 0 Å². The van der Waals surface area contributed by atoms with E-state index in [9.17, 15) is 9.32 Å². The van der Waals surface area contributed by atoms with Crippen molar-refractivity contribution in [2.24, 2.45) is 5.41 Å². The number of hydrogen-bond acceptors (Lipinski definition) is 2. The van der Waals surface area contributed by atoms with Gasteiger partial charge in [0, 0.05) is 0 Å². The molecule has 0 saturated carbocycles. The molecular formula is C16H27NO2S. The summed E-state index contributed by atoms with van der Waals surface area (Å²) < 4.78 is 15.1. The number of nitrogens with one attached hydrogen (secondary N) is 1. The van der Waals surface area contributed by atoms with E-state index in [1.54, 1.807) is 0 Å². The van der Waals surface area contributed by atoms with Crippen LogP contribution in [0.15, 0.2) is 30.3 Å². The van der Waals surface area contributed by atoms with Crippen molar-refractivity contribution >= 4 is 11.0 Å². The zero-order chi connectivity index (χ0) is 15.6. The molecule has 0 aliphatic carbocycles. The fraction of sp³-hybridized carbons (Fsp3) is 0.625. The molecule has 2 N–H and O–H groups in total. The molecule has 20 heavy (non-hydrogen) atoms. The third-order valence-electron chi connectivity index (χ3n) is 3.15. The summed E-state index contributed by atoms with van der Waals surface area (Å²) in [5.74, 6) is 0. The van der Waals surface area contributed by atoms with Gasteiger partial charge in [0.05, 0.1) is 27.9 Å². The summed E-state index contributed by atoms with van der Waals surface area (Å²) in [6.07, 6.45) is -0.629. The Kier molecular flexibility index (Phi) is 5.53. The maximum atomic E-state index is 12.4. The lowest BCUT2D eigenvalue weighted by Gasteiger charge is -2.35. The normalized spacial score (nSPS) is 17.6. The topological polar surface area (TPSA) is 49.3 Å². The molecule has 3 atom stereocenters. The SMILES string of the molecule is CC(C)(C)[C@@H](O)[C@@H](NS(=O)C(C)(C)C)c1ccccc1. The van der Waals surface area contributed by atoms with Crippen molar-refractivity contribution in [3.05, 3.63) is 35.9 Å². The summed E-state index contributed by atoms with van der Waals surface area (Å²) in [5, 5.41) is 10.6. The Morgan fingerprint density at radius 1 is 1.05 bits per heavy atom. The molecule has 0 aliphatic heterocycles. The third kappa shape index (κ3) is 4.69. The van der Waals surface area contributed by atoms with E-state index in [0.29, 0.717) is 0 Å². The van der Waals surface area contributed by atoms with Crippen LogP contribution in [0.1, 0.15) is 53.1 Å². The van der Waals surface area contributed by atoms with Crippen LogP contribution in [0.3, 0.4) is 0 Å². The fourth-order valence-corrected chi connectivity index (χ4v) is 2.62. The van der Waals surface area contributed by atoms with Crippen molar-refractivity contribution in [1.29, 1.82) is 0 Å². The Bertz CT molecular complexity index is 446. The monoisotopic (exact) mass is 297 g/mol. The van der Waals surface area contributed by atoms with Crippen LogP contribution in [0, 0.1) is 5.41 Å². The van der Waals surface area contributed by atoms with Gasteiger partial charge in [0.2, 0.25) is 0 Å². The number of rotatable bonds is 4. The van der Waals surface area contributed by atoms with E-state index in [2.05, 4.69) is 4.72 Å². The van der Waals surface area contributed by atoms with Crippen molar-refractivity contribution < 1.29 is 9.32 Å². The minimum Gasteiger partial charge on any atom is -0.391 e. The minimum atomic E-state index is -1.23. The van der Waals surface area contributed by atoms with Crippen molar-refractivity contribution in [3.8, 4) is 0 Å². The molecule has 0 bridgehead atoms. The Labute approximate surface area is 125 Å². The van der Waals surface area contributed by atoms with Gasteiger partial charge in [-0.25, -0.2) is 8.93 Å². The van der Waals surface area contributed by atoms with Gasteiger partial charge in [-0.2, -0.15) is 0 Å². The van der Waals surface area contributed by atoms with Crippen molar-refractivity contribution in [2.75, 3.05) is 0 Å². The van der Waals surface area contributed by atoms with Gasteiger partial charge in [-0.1, -0.05) is 51.1 Å². The average molecular weight is 297 g/mol. The van der Waals surface area contributed by atoms with Gasteiger partial charge in [0.25, 0.3) is 0 Å². The highest BCUT2D eigenvalue weighted by Gasteiger charge is 2.34. The molecule has 0 fully saturated rings. The predicted octanol–water partition coefficient (Wildman–Crippen LogP) is 3.19. The van der Waals surface area contributed by atoms with Crippen molar-refractivity contribution in [2.45, 2.75) is 58.4 Å². The third-order valence-corrected chi connectivity index (χ3v) is 4.73. The van der Waals surface area contributed by atoms with Crippen molar-refractivity contribution in [1.82, 2.24) is 4.72 Å². The smallest absolute Gasteiger partial charge is 0.0976 e. The van der Waals surface area contributed by atoms with Crippen LogP contribution in [0.4, 0.5) is 0 Å². The van der Waals surface area contributed by atoms with E-state index < -0.39 is 17.1 Å². The Hall–Kier alpha value is -0.710. The largest absolute Gasteiger partial charge is 0.391 e. The van der Waals surface area contributed by atoms with E-state index in [0.717, 1.165) is 5.56 Å². The second-order valence-electron chi connectivity index (χ2n) is 7.20. The lowest BCUT2D eigenvalue weighted by molar-refractivity contribution is 0.0354. The van der Waals surface area contributed by atoms with Gasteiger partial charge >= 0.3 is 0 Å². The van der Waals surface area contributed by atoms with E-state index in [1.807, 2.05) is 71.9 Å². The molecule has 1 aromatic rings. The molecule has 114 valence electrons. The molecule has 0 amide bonds. The second kappa shape index (κ2) is 6.37. The van der Waals surface area contributed by atoms with Crippen LogP contribution < -0.4 is 4.72 Å². The van der Waals surface area contributed by atoms with Crippen molar-refractivity contribution in [3.63, 3.8) is 0 Å². The first-order chi connectivity index (χ1) is 9.03. The van der Waals surface area contributed by atoms with Crippen LogP contribution in [0.25, 0.3) is 0 Å². The summed E-state index contributed by atoms with van der Waals surface area (Å²) in [6, 6.07) is 9.35. The first-order valence-corrected chi connectivity index (χ1v) is 8.09. The fourth-order valence-electron chi connectivity index (χ4n) is 1.77. The molecular weight excluding hydrogens is 270 g/mol. The first-order valence-electron chi connectivity index (χ1n) is 6.94. The summed E-state index contributed by atoms with van der Waals surface area (Å²) in [5.41, 5.74) is 0.655. The van der Waals surface area contributed by atoms with E-state index in [-0.39, 0.29) is 16.2 Å². The highest BCUT2D eigenvalue weighted by Crippen LogP contribution is 2.31. The van der Waals surface area contributed by atoms with Gasteiger partial charge in [0.1, 0.15) is 0 Å². The summed E-state index contributed by atoms with van der Waals surface area (Å²) in [6.45, 7) is 11.7. The van der Waals surface area contributed by atoms with Gasteiger partial charge in [-0.05, 0) is 31.7 Å². The number of hydrogen-bond donors (Lipinski definition) is 2. The molecule has 0 radical (unpaired) electrons. The van der Waals surface area contributed by atoms with Crippen LogP contribution in [0.2, 0.25) is 0 Å². The van der Waals surface area contributed by atoms with E-state index in [1.165, 1.54) is 0 Å². The zero-order valence-corrected chi connectivity index (χ0v) is 14.1. The lowest BCUT2D eigenvalue weighted by atomic mass is 9.82. The lowest BCUT2D eigenvalue weighted by Crippen LogP contribution is -2.44. The highest BCUT2D eigenvalue weighted by atomic mass is 32.2. The summed E-state index contributed by atoms with van der Waals surface area (Å²) in [7, 11) is -1.23. The second-order valence-corrected chi connectivity index (χ2v) is 9.20. The molecule has 0 aliphatic rings. The van der Waals surface area contributed by atoms with Crippen LogP contribution in [0.5, 0.6) is 0 Å². The van der Waals surface area contributed by atoms with Gasteiger partial charge < -0.3 is 5.11 Å². The van der Waals surface area contributed by atoms with Crippen LogP contribution in [-0.2, 0) is 11.0 Å². The van der Waals surface area contributed by atoms with Gasteiger partial charge in [-0.15, -0.1) is 0 Å². The molecule has 0 saturated heterocycles. The number of benzene rings is 1. The minimum absolute atomic E-state index is 0.296. The quantitative estimate of drug-likeness (QED) is 0.896. The number of aliphatic hydroxyl groups is 1. The van der Waals surface area contributed by atoms with Gasteiger partial charge in [0.15, 0.2) is 0 Å². The molecule has 1 unspecified atom stereocenters. The maximum absolute atomic E-state index is 12.4. The summed E-state index contributed by atoms with van der Waals surface area (Å²) in [4.78, 5) is 0. The average Bonchev–Trinajstić information content (AvgIpc) is 2.33. The zero-order valence-electron chi connectivity index (χ0n) is 13.3. The molecule has 4 heteroatoms. The van der Waals surface area contributed by atoms with Crippen LogP contribution in [-0.4, -0.2) is 20.2 Å². The highest BCUT2D eigenvalue weighted by molar-refractivity contribution is 7.84. The maximum Gasteiger partial charge on any atom is 0.0976 e. The first kappa shape index (κ1) is 17.3. The Balaban J connectivity index is 3.07. The molecule has 1 rings (SSSR count). The number of aliphatic hydroxyl groups excluding tert-OH is 1. The molecule has 0 heterocycles. The molecule has 0 spiro atoms. The van der Waals surface area contributed by atoms with E-state index >= 15 is 0 Å². The summed E-state index contributed by atoms with van der Waals surface area (Å²) >= 11 is 0. The Morgan fingerprint density at radius 2 is 1.55 bits per heavy atom. The molecule has 3 nitrogen and oxygen atoms in total. The standard InChI is InChI=1S/C16H27NO2S/c1-15(2,3)14(18)13(12-10-8-7-9-11-12)17-20(19)16(4,5)6/h7-11,13-14,17-18H,1-6H3/t13-,14-,20?/m0/s1. The van der Waals surface area contributed by atoms with E-state index in [4.69, 9.17) is 0 Å².